The molecule has 10 nitrogen and oxygen atoms in total. The first-order valence-corrected chi connectivity index (χ1v) is 8.83. The maximum absolute atomic E-state index is 12.4. The lowest BCUT2D eigenvalue weighted by Gasteiger charge is -2.16. The molecule has 1 aromatic rings. The van der Waals surface area contributed by atoms with Gasteiger partial charge in [-0.1, -0.05) is 0 Å². The number of carbonyl (C=O) groups is 2. The standard InChI is InChI=1S/C15H18N2O8S/c1-8-5-10(13(19)11(6-8)26(22,23)24)16-12-9(15(21)25-2)7-17(3-4-18)14(12)20/h5-6,16,18-19H,3-4,7H2,1-2H3,(H,22,23,24). The van der Waals surface area contributed by atoms with Crippen LogP contribution in [0.5, 0.6) is 5.75 Å². The van der Waals surface area contributed by atoms with Crippen LogP contribution in [0.15, 0.2) is 28.3 Å². The van der Waals surface area contributed by atoms with Gasteiger partial charge in [0, 0.05) is 6.54 Å². The zero-order valence-corrected chi connectivity index (χ0v) is 14.8. The molecule has 1 amide bonds. The molecule has 1 aliphatic rings. The number of hydrogen-bond acceptors (Lipinski definition) is 8. The topological polar surface area (TPSA) is 153 Å². The first-order valence-electron chi connectivity index (χ1n) is 7.39. The Balaban J connectivity index is 2.52. The van der Waals surface area contributed by atoms with Crippen LogP contribution in [0.2, 0.25) is 0 Å². The molecular weight excluding hydrogens is 368 g/mol. The predicted molar refractivity (Wildman–Crippen MR) is 89.0 cm³/mol. The molecule has 0 aromatic heterocycles. The van der Waals surface area contributed by atoms with Gasteiger partial charge in [-0.25, -0.2) is 4.79 Å². The number of benzene rings is 1. The highest BCUT2D eigenvalue weighted by atomic mass is 32.2. The van der Waals surface area contributed by atoms with Crippen LogP contribution in [0, 0.1) is 6.92 Å². The van der Waals surface area contributed by atoms with E-state index in [1.807, 2.05) is 0 Å². The number of amides is 1. The number of β-amino-alcohol motifs (C(OH)–C–C–N with tert-alkyl or cyclic N) is 1. The van der Waals surface area contributed by atoms with E-state index in [0.29, 0.717) is 5.56 Å². The van der Waals surface area contributed by atoms with Crippen molar-refractivity contribution in [3.8, 4) is 5.75 Å². The van der Waals surface area contributed by atoms with E-state index < -0.39 is 32.6 Å². The van der Waals surface area contributed by atoms with Crippen LogP contribution in [-0.4, -0.2) is 66.8 Å². The summed E-state index contributed by atoms with van der Waals surface area (Å²) in [6, 6.07) is 2.40. The molecule has 0 atom stereocenters. The van der Waals surface area contributed by atoms with Gasteiger partial charge in [0.1, 0.15) is 10.6 Å². The molecule has 1 aromatic carbocycles. The van der Waals surface area contributed by atoms with E-state index in [1.165, 1.54) is 17.9 Å². The number of esters is 1. The maximum atomic E-state index is 12.4. The molecule has 0 saturated heterocycles. The second kappa shape index (κ2) is 7.32. The number of carbonyl (C=O) groups excluding carboxylic acids is 2. The first-order chi connectivity index (χ1) is 12.1. The Morgan fingerprint density at radius 2 is 2.04 bits per heavy atom. The smallest absolute Gasteiger partial charge is 0.337 e. The average molecular weight is 386 g/mol. The number of phenols is 1. The van der Waals surface area contributed by atoms with Crippen molar-refractivity contribution in [2.75, 3.05) is 32.1 Å². The Kier molecular flexibility index (Phi) is 5.54. The van der Waals surface area contributed by atoms with Crippen molar-refractivity contribution in [1.29, 1.82) is 0 Å². The summed E-state index contributed by atoms with van der Waals surface area (Å²) < 4.78 is 36.6. The fraction of sp³-hybridized carbons (Fsp3) is 0.333. The minimum Gasteiger partial charge on any atom is -0.504 e. The third kappa shape index (κ3) is 3.79. The summed E-state index contributed by atoms with van der Waals surface area (Å²) in [6.07, 6.45) is 0. The summed E-state index contributed by atoms with van der Waals surface area (Å²) >= 11 is 0. The quantitative estimate of drug-likeness (QED) is 0.291. The second-order valence-electron chi connectivity index (χ2n) is 5.55. The molecule has 0 radical (unpaired) electrons. The summed E-state index contributed by atoms with van der Waals surface area (Å²) in [5.74, 6) is -2.22. The molecule has 0 spiro atoms. The van der Waals surface area contributed by atoms with Crippen LogP contribution in [0.1, 0.15) is 5.56 Å². The van der Waals surface area contributed by atoms with E-state index in [9.17, 15) is 27.7 Å². The lowest BCUT2D eigenvalue weighted by atomic mass is 10.2. The van der Waals surface area contributed by atoms with Gasteiger partial charge in [0.25, 0.3) is 16.0 Å². The van der Waals surface area contributed by atoms with Crippen molar-refractivity contribution in [3.05, 3.63) is 29.0 Å². The molecule has 0 unspecified atom stereocenters. The zero-order valence-electron chi connectivity index (χ0n) is 14.0. The Morgan fingerprint density at radius 3 is 2.58 bits per heavy atom. The minimum absolute atomic E-state index is 0.0272. The fourth-order valence-corrected chi connectivity index (χ4v) is 3.21. The number of hydrogen-bond donors (Lipinski definition) is 4. The maximum Gasteiger partial charge on any atom is 0.337 e. The average Bonchev–Trinajstić information content (AvgIpc) is 2.86. The zero-order chi connectivity index (χ0) is 19.6. The highest BCUT2D eigenvalue weighted by Gasteiger charge is 2.35. The lowest BCUT2D eigenvalue weighted by Crippen LogP contribution is -2.31. The summed E-state index contributed by atoms with van der Waals surface area (Å²) in [6.45, 7) is 1.05. The number of anilines is 1. The van der Waals surface area contributed by atoms with Crippen LogP contribution in [0.4, 0.5) is 5.69 Å². The Hall–Kier alpha value is -2.63. The van der Waals surface area contributed by atoms with Gasteiger partial charge in [-0.2, -0.15) is 8.42 Å². The number of phenolic OH excluding ortho intramolecular Hbond substituents is 1. The van der Waals surface area contributed by atoms with Crippen molar-refractivity contribution in [3.63, 3.8) is 0 Å². The number of aliphatic hydroxyl groups is 1. The van der Waals surface area contributed by atoms with E-state index in [0.717, 1.165) is 13.2 Å². The number of aromatic hydroxyl groups is 1. The molecule has 1 heterocycles. The van der Waals surface area contributed by atoms with Crippen LogP contribution < -0.4 is 5.32 Å². The largest absolute Gasteiger partial charge is 0.504 e. The van der Waals surface area contributed by atoms with Crippen molar-refractivity contribution in [2.24, 2.45) is 0 Å². The molecule has 0 fully saturated rings. The number of aryl methyl sites for hydroxylation is 1. The van der Waals surface area contributed by atoms with E-state index in [1.54, 1.807) is 0 Å². The normalized spacial score (nSPS) is 14.8. The molecule has 1 aliphatic heterocycles. The number of nitrogens with one attached hydrogen (secondary N) is 1. The van der Waals surface area contributed by atoms with Gasteiger partial charge < -0.3 is 25.2 Å². The summed E-state index contributed by atoms with van der Waals surface area (Å²) in [4.78, 5) is 24.8. The molecule has 11 heteroatoms. The third-order valence-electron chi connectivity index (χ3n) is 3.71. The molecule has 142 valence electrons. The van der Waals surface area contributed by atoms with E-state index in [-0.39, 0.29) is 36.7 Å². The Bertz CT molecular complexity index is 891. The summed E-state index contributed by atoms with van der Waals surface area (Å²) in [5.41, 5.74) is -0.0724. The first kappa shape index (κ1) is 19.7. The van der Waals surface area contributed by atoms with Crippen LogP contribution in [0.25, 0.3) is 0 Å². The molecule has 2 rings (SSSR count). The van der Waals surface area contributed by atoms with Gasteiger partial charge >= 0.3 is 5.97 Å². The van der Waals surface area contributed by atoms with Crippen LogP contribution in [-0.2, 0) is 24.4 Å². The highest BCUT2D eigenvalue weighted by molar-refractivity contribution is 7.86. The van der Waals surface area contributed by atoms with Crippen molar-refractivity contribution >= 4 is 27.7 Å². The molecule has 0 saturated carbocycles. The summed E-state index contributed by atoms with van der Waals surface area (Å²) in [5, 5.41) is 21.7. The van der Waals surface area contributed by atoms with E-state index in [4.69, 9.17) is 5.11 Å². The van der Waals surface area contributed by atoms with Gasteiger partial charge in [0.05, 0.1) is 31.5 Å². The van der Waals surface area contributed by atoms with E-state index in [2.05, 4.69) is 10.1 Å². The minimum atomic E-state index is -4.71. The van der Waals surface area contributed by atoms with Gasteiger partial charge in [-0.05, 0) is 24.6 Å². The SMILES string of the molecule is COC(=O)C1=C(Nc2cc(C)cc(S(=O)(=O)O)c2O)C(=O)N(CCO)C1. The third-order valence-corrected chi connectivity index (χ3v) is 4.58. The predicted octanol–water partition coefficient (Wildman–Crippen LogP) is -0.379. The van der Waals surface area contributed by atoms with Gasteiger partial charge in [0.2, 0.25) is 0 Å². The number of rotatable bonds is 6. The monoisotopic (exact) mass is 386 g/mol. The number of nitrogens with zero attached hydrogens (tertiary/aromatic N) is 1. The number of aliphatic hydroxyl groups excluding tert-OH is 1. The highest BCUT2D eigenvalue weighted by Crippen LogP contribution is 2.35. The van der Waals surface area contributed by atoms with Gasteiger partial charge in [-0.15, -0.1) is 0 Å². The molecule has 0 bridgehead atoms. The Labute approximate surface area is 149 Å². The lowest BCUT2D eigenvalue weighted by molar-refractivity contribution is -0.136. The number of ether oxygens (including phenoxy) is 1. The molecule has 26 heavy (non-hydrogen) atoms. The van der Waals surface area contributed by atoms with Crippen molar-refractivity contribution in [2.45, 2.75) is 11.8 Å². The van der Waals surface area contributed by atoms with Gasteiger partial charge in [0.15, 0.2) is 5.75 Å². The van der Waals surface area contributed by atoms with Gasteiger partial charge in [-0.3, -0.25) is 9.35 Å². The van der Waals surface area contributed by atoms with Crippen LogP contribution >= 0.6 is 0 Å². The molecular formula is C15H18N2O8S. The fourth-order valence-electron chi connectivity index (χ4n) is 2.52. The van der Waals surface area contributed by atoms with Crippen molar-refractivity contribution < 1.29 is 37.5 Å². The summed E-state index contributed by atoms with van der Waals surface area (Å²) in [7, 11) is -3.57. The molecule has 4 N–H and O–H groups in total. The van der Waals surface area contributed by atoms with Crippen molar-refractivity contribution in [1.82, 2.24) is 4.90 Å². The molecule has 0 aliphatic carbocycles. The second-order valence-corrected chi connectivity index (χ2v) is 6.94. The number of methoxy groups -OCH3 is 1. The van der Waals surface area contributed by atoms with Crippen LogP contribution in [0.3, 0.4) is 0 Å². The Morgan fingerprint density at radius 1 is 1.38 bits per heavy atom. The van der Waals surface area contributed by atoms with E-state index >= 15 is 0 Å².